The predicted octanol–water partition coefficient (Wildman–Crippen LogP) is 1.30. The molecule has 0 amide bonds. The Kier molecular flexibility index (Phi) is 39.9. The van der Waals surface area contributed by atoms with Crippen LogP contribution in [0, 0.1) is 0 Å². The second-order valence-corrected chi connectivity index (χ2v) is 16.7. The van der Waals surface area contributed by atoms with Crippen LogP contribution in [-0.4, -0.2) is 126 Å². The monoisotopic (exact) mass is 1350 g/mol. The molecule has 0 fully saturated rings. The first-order valence-electron chi connectivity index (χ1n) is 13.0. The third-order valence-electron chi connectivity index (χ3n) is 5.34. The zero-order valence-corrected chi connectivity index (χ0v) is 43.2. The van der Waals surface area contributed by atoms with Crippen molar-refractivity contribution < 1.29 is 84.7 Å². The van der Waals surface area contributed by atoms with Gasteiger partial charge in [-0.15, -0.1) is 0 Å². The molecule has 0 unspecified atom stereocenters. The van der Waals surface area contributed by atoms with Crippen molar-refractivity contribution in [3.63, 3.8) is 0 Å². The van der Waals surface area contributed by atoms with Gasteiger partial charge in [-0.25, -0.2) is 0 Å². The number of halogens is 8. The van der Waals surface area contributed by atoms with E-state index < -0.39 is 46.1 Å². The van der Waals surface area contributed by atoms with E-state index in [0.717, 1.165) is 26.2 Å². The Morgan fingerprint density at radius 2 is 0.481 bits per heavy atom. The van der Waals surface area contributed by atoms with Crippen molar-refractivity contribution >= 4 is 151 Å². The zero-order valence-electron chi connectivity index (χ0n) is 28.7. The van der Waals surface area contributed by atoms with Gasteiger partial charge in [0.2, 0.25) is 0 Å². The van der Waals surface area contributed by atoms with Gasteiger partial charge in [-0.2, -0.15) is 0 Å². The number of carboxylic acid groups (broad SMARTS) is 4. The molecule has 2 aromatic rings. The average molecular weight is 1360 g/mol. The molecule has 0 bridgehead atoms. The van der Waals surface area contributed by atoms with Crippen LogP contribution in [0.5, 0.6) is 0 Å². The fourth-order valence-corrected chi connectivity index (χ4v) is 7.71. The van der Waals surface area contributed by atoms with Crippen LogP contribution in [0.2, 0.25) is 0 Å². The first-order valence-corrected chi connectivity index (χ1v) is 19.3. The molecule has 0 saturated carbocycles. The van der Waals surface area contributed by atoms with E-state index in [0.29, 0.717) is 17.9 Å². The quantitative estimate of drug-likeness (QED) is 0.142. The molecule has 6 N–H and O–H groups in total. The summed E-state index contributed by atoms with van der Waals surface area (Å²) < 4.78 is 1.74. The molecule has 0 aliphatic rings. The standard InChI is InChI=1S/2C8H2Br4O4.2C6H16N2.2Cu.2H2O/c2*9-3-1(7(13)14)2(8(15)16)4(10)6(12)5(3)11;2*1-7(2)5-6-8(3)4;;;;/h2*(H,13,14)(H,15,16);2*5-6H2,1-4H3;;;2*1H2/q;;;;2*+2;;/p-2. The smallest absolute Gasteiger partial charge is 0.545 e. The molecule has 52 heavy (non-hydrogen) atoms. The van der Waals surface area contributed by atoms with Crippen molar-refractivity contribution in [2.24, 2.45) is 0 Å². The van der Waals surface area contributed by atoms with Gasteiger partial charge in [0.25, 0.3) is 0 Å². The summed E-state index contributed by atoms with van der Waals surface area (Å²) in [5, 5.41) is 43.5. The van der Waals surface area contributed by atoms with Crippen LogP contribution in [0.15, 0.2) is 35.8 Å². The number of hydrogen-bond acceptors (Lipinski definition) is 12. The van der Waals surface area contributed by atoms with Crippen molar-refractivity contribution in [3.8, 4) is 0 Å². The molecule has 0 saturated heterocycles. The first-order chi connectivity index (χ1) is 21.8. The number of likely N-dealkylation sites (N-methyl/N-ethyl adjacent to an activating group) is 4. The van der Waals surface area contributed by atoms with Gasteiger partial charge in [0.05, 0.1) is 23.9 Å². The summed E-state index contributed by atoms with van der Waals surface area (Å²) in [4.78, 5) is 52.2. The molecule has 0 heterocycles. The molecular formula is C28H38Br8Cu2N4O10+2. The molecule has 306 valence electrons. The van der Waals surface area contributed by atoms with Crippen LogP contribution >= 0.6 is 127 Å². The van der Waals surface area contributed by atoms with Gasteiger partial charge in [-0.05, 0) is 184 Å². The van der Waals surface area contributed by atoms with E-state index in [1.165, 1.54) is 0 Å². The summed E-state index contributed by atoms with van der Waals surface area (Å²) in [7, 11) is 16.7. The molecule has 2 radical (unpaired) electrons. The second-order valence-electron chi connectivity index (χ2n) is 10.4. The van der Waals surface area contributed by atoms with E-state index in [9.17, 15) is 39.6 Å². The third-order valence-corrected chi connectivity index (χ3v) is 14.9. The molecule has 24 heteroatoms. The molecule has 0 aromatic heterocycles. The molecule has 14 nitrogen and oxygen atoms in total. The number of carbonyl (C=O) groups is 4. The van der Waals surface area contributed by atoms with Crippen molar-refractivity contribution in [2.45, 2.75) is 0 Å². The predicted molar refractivity (Wildman–Crippen MR) is 216 cm³/mol. The SMILES string of the molecule is CN(C)CCN(C)C.CN(C)CCN(C)C.O=C([O-])c1c(Br)c(Br)c(Br)c(Br)c1C(=O)[O-].O=C([O-])c1c(Br)c(Br)c(Br)c(Br)c1C(=O)[O-].[Cu+2].[Cu+2].[OH3+].[OH3+]. The number of aromatic carboxylic acids is 4. The molecule has 0 atom stereocenters. The zero-order chi connectivity index (χ0) is 38.4. The molecule has 2 rings (SSSR count). The maximum atomic E-state index is 10.9. The van der Waals surface area contributed by atoms with Gasteiger partial charge in [-0.1, -0.05) is 0 Å². The Bertz CT molecular complexity index is 1260. The Balaban J connectivity index is -0.000000139. The fourth-order valence-electron chi connectivity index (χ4n) is 2.83. The molecule has 0 aliphatic carbocycles. The molecule has 0 spiro atoms. The van der Waals surface area contributed by atoms with Crippen LogP contribution < -0.4 is 20.4 Å². The Morgan fingerprint density at radius 3 is 0.558 bits per heavy atom. The minimum absolute atomic E-state index is 0. The number of benzene rings is 2. The van der Waals surface area contributed by atoms with Gasteiger partial charge >= 0.3 is 34.1 Å². The summed E-state index contributed by atoms with van der Waals surface area (Å²) in [5.41, 5.74) is -1.94. The first kappa shape index (κ1) is 64.8. The normalized spacial score (nSPS) is 9.77. The van der Waals surface area contributed by atoms with Crippen LogP contribution in [0.25, 0.3) is 0 Å². The third kappa shape index (κ3) is 22.6. The number of carbonyl (C=O) groups excluding carboxylic acids is 4. The minimum atomic E-state index is -1.61. The summed E-state index contributed by atoms with van der Waals surface area (Å²) in [5.74, 6) is -6.44. The van der Waals surface area contributed by atoms with E-state index >= 15 is 0 Å². The Morgan fingerprint density at radius 1 is 0.365 bits per heavy atom. The second kappa shape index (κ2) is 32.0. The summed E-state index contributed by atoms with van der Waals surface area (Å²) >= 11 is 24.3. The number of nitrogens with zero attached hydrogens (tertiary/aromatic N) is 4. The van der Waals surface area contributed by atoms with Crippen molar-refractivity contribution in [3.05, 3.63) is 58.0 Å². The van der Waals surface area contributed by atoms with Crippen molar-refractivity contribution in [1.82, 2.24) is 19.6 Å². The number of carboxylic acids is 4. The number of rotatable bonds is 10. The largest absolute Gasteiger partial charge is 2.00 e. The van der Waals surface area contributed by atoms with Gasteiger partial charge in [0, 0.05) is 84.2 Å². The number of hydrogen-bond donors (Lipinski definition) is 0. The summed E-state index contributed by atoms with van der Waals surface area (Å²) in [6, 6.07) is 0. The molecule has 0 aliphatic heterocycles. The van der Waals surface area contributed by atoms with E-state index in [2.05, 4.69) is 203 Å². The van der Waals surface area contributed by atoms with Gasteiger partial charge in [0.15, 0.2) is 0 Å². The maximum Gasteiger partial charge on any atom is 2.00 e. The van der Waals surface area contributed by atoms with Crippen LogP contribution in [-0.2, 0) is 45.1 Å². The van der Waals surface area contributed by atoms with Crippen LogP contribution in [0.3, 0.4) is 0 Å². The van der Waals surface area contributed by atoms with Crippen LogP contribution in [0.4, 0.5) is 0 Å². The van der Waals surface area contributed by atoms with Crippen molar-refractivity contribution in [1.29, 1.82) is 0 Å². The fraction of sp³-hybridized carbons (Fsp3) is 0.429. The van der Waals surface area contributed by atoms with E-state index in [-0.39, 0.29) is 63.0 Å². The van der Waals surface area contributed by atoms with Crippen LogP contribution in [0.1, 0.15) is 41.4 Å². The maximum absolute atomic E-state index is 10.9. The minimum Gasteiger partial charge on any atom is -0.545 e. The summed E-state index contributed by atoms with van der Waals surface area (Å²) in [6.45, 7) is 4.58. The topological polar surface area (TPSA) is 239 Å². The molecule has 2 aromatic carbocycles. The van der Waals surface area contributed by atoms with Gasteiger partial charge < -0.3 is 70.2 Å². The molecular weight excluding hydrogens is 1320 g/mol. The Hall–Kier alpha value is 0.959. The Labute approximate surface area is 391 Å². The van der Waals surface area contributed by atoms with E-state index in [1.807, 2.05) is 0 Å². The van der Waals surface area contributed by atoms with Gasteiger partial charge in [0.1, 0.15) is 0 Å². The average Bonchev–Trinajstić information content (AvgIpc) is 2.96. The summed E-state index contributed by atoms with van der Waals surface area (Å²) in [6.07, 6.45) is 0. The van der Waals surface area contributed by atoms with E-state index in [4.69, 9.17) is 0 Å². The van der Waals surface area contributed by atoms with Gasteiger partial charge in [-0.3, -0.25) is 0 Å². The van der Waals surface area contributed by atoms with E-state index in [1.54, 1.807) is 0 Å². The van der Waals surface area contributed by atoms with Crippen molar-refractivity contribution in [2.75, 3.05) is 82.6 Å².